The maximum Gasteiger partial charge on any atom is 0.226 e. The van der Waals surface area contributed by atoms with Crippen molar-refractivity contribution in [1.82, 2.24) is 4.90 Å². The standard InChI is InChI=1S/C11H20N2O2/c12-6-8-2-1-3-10(8)11(15)13-5-4-9(14)7-13/h8-10,14H,1-7,12H2/t8?,9-,10?/m0/s1. The van der Waals surface area contributed by atoms with Gasteiger partial charge in [0.25, 0.3) is 0 Å². The van der Waals surface area contributed by atoms with Crippen molar-refractivity contribution in [1.29, 1.82) is 0 Å². The molecule has 4 heteroatoms. The SMILES string of the molecule is NCC1CCCC1C(=O)N1CC[C@H](O)C1. The van der Waals surface area contributed by atoms with Gasteiger partial charge in [0, 0.05) is 19.0 Å². The average molecular weight is 212 g/mol. The van der Waals surface area contributed by atoms with Crippen molar-refractivity contribution in [2.75, 3.05) is 19.6 Å². The lowest BCUT2D eigenvalue weighted by molar-refractivity contribution is -0.135. The predicted octanol–water partition coefficient (Wildman–Crippen LogP) is -0.0454. The van der Waals surface area contributed by atoms with E-state index in [-0.39, 0.29) is 17.9 Å². The van der Waals surface area contributed by atoms with Gasteiger partial charge in [0.2, 0.25) is 5.91 Å². The summed E-state index contributed by atoms with van der Waals surface area (Å²) in [6.45, 7) is 1.85. The molecule has 15 heavy (non-hydrogen) atoms. The van der Waals surface area contributed by atoms with Gasteiger partial charge in [-0.05, 0) is 31.7 Å². The summed E-state index contributed by atoms with van der Waals surface area (Å²) in [6, 6.07) is 0. The van der Waals surface area contributed by atoms with E-state index < -0.39 is 0 Å². The molecule has 1 aliphatic carbocycles. The molecule has 2 fully saturated rings. The van der Waals surface area contributed by atoms with Gasteiger partial charge in [0.15, 0.2) is 0 Å². The molecule has 3 atom stereocenters. The molecule has 0 aromatic carbocycles. The van der Waals surface area contributed by atoms with E-state index in [0.29, 0.717) is 25.6 Å². The van der Waals surface area contributed by atoms with Crippen LogP contribution in [-0.2, 0) is 4.79 Å². The Kier molecular flexibility index (Phi) is 3.26. The number of β-amino-alcohol motifs (C(OH)–C–C–N with tert-alkyl or cyclic N) is 1. The fourth-order valence-corrected chi connectivity index (χ4v) is 2.82. The maximum absolute atomic E-state index is 12.1. The molecule has 1 saturated carbocycles. The van der Waals surface area contributed by atoms with Crippen molar-refractivity contribution in [3.8, 4) is 0 Å². The van der Waals surface area contributed by atoms with Gasteiger partial charge in [0.1, 0.15) is 0 Å². The van der Waals surface area contributed by atoms with E-state index in [1.54, 1.807) is 0 Å². The third-order valence-electron chi connectivity index (χ3n) is 3.75. The van der Waals surface area contributed by atoms with Crippen LogP contribution in [0.15, 0.2) is 0 Å². The summed E-state index contributed by atoms with van der Waals surface area (Å²) in [5, 5.41) is 9.40. The minimum absolute atomic E-state index is 0.125. The molecule has 1 aliphatic heterocycles. The summed E-state index contributed by atoms with van der Waals surface area (Å²) >= 11 is 0. The van der Waals surface area contributed by atoms with E-state index in [1.165, 1.54) is 0 Å². The molecule has 0 aromatic rings. The number of hydrogen-bond acceptors (Lipinski definition) is 3. The molecule has 86 valence electrons. The van der Waals surface area contributed by atoms with Gasteiger partial charge in [-0.1, -0.05) is 6.42 Å². The van der Waals surface area contributed by atoms with Crippen LogP contribution >= 0.6 is 0 Å². The fraction of sp³-hybridized carbons (Fsp3) is 0.909. The van der Waals surface area contributed by atoms with Crippen molar-refractivity contribution in [3.05, 3.63) is 0 Å². The fourth-order valence-electron chi connectivity index (χ4n) is 2.82. The van der Waals surface area contributed by atoms with E-state index in [0.717, 1.165) is 25.7 Å². The molecule has 0 spiro atoms. The molecule has 0 aromatic heterocycles. The van der Waals surface area contributed by atoms with Crippen molar-refractivity contribution < 1.29 is 9.90 Å². The van der Waals surface area contributed by atoms with Gasteiger partial charge in [-0.15, -0.1) is 0 Å². The van der Waals surface area contributed by atoms with Gasteiger partial charge in [-0.2, -0.15) is 0 Å². The van der Waals surface area contributed by atoms with Crippen LogP contribution in [0.3, 0.4) is 0 Å². The normalized spacial score (nSPS) is 36.1. The van der Waals surface area contributed by atoms with Crippen LogP contribution < -0.4 is 5.73 Å². The first-order chi connectivity index (χ1) is 7.22. The molecule has 0 bridgehead atoms. The molecule has 2 unspecified atom stereocenters. The van der Waals surface area contributed by atoms with Crippen molar-refractivity contribution in [3.63, 3.8) is 0 Å². The Bertz CT molecular complexity index is 245. The molecule has 1 saturated heterocycles. The molecular formula is C11H20N2O2. The zero-order valence-electron chi connectivity index (χ0n) is 9.06. The van der Waals surface area contributed by atoms with Crippen molar-refractivity contribution in [2.45, 2.75) is 31.8 Å². The lowest BCUT2D eigenvalue weighted by atomic mass is 9.95. The number of nitrogens with two attached hydrogens (primary N) is 1. The van der Waals surface area contributed by atoms with Gasteiger partial charge >= 0.3 is 0 Å². The van der Waals surface area contributed by atoms with Crippen molar-refractivity contribution in [2.24, 2.45) is 17.6 Å². The van der Waals surface area contributed by atoms with Crippen LogP contribution in [0.25, 0.3) is 0 Å². The second-order valence-electron chi connectivity index (χ2n) is 4.76. The Balaban J connectivity index is 1.95. The van der Waals surface area contributed by atoms with Gasteiger partial charge in [0.05, 0.1) is 6.10 Å². The number of likely N-dealkylation sites (tertiary alicyclic amines) is 1. The lowest BCUT2D eigenvalue weighted by Gasteiger charge is -2.23. The van der Waals surface area contributed by atoms with Gasteiger partial charge in [-0.3, -0.25) is 4.79 Å². The molecule has 3 N–H and O–H groups in total. The molecule has 1 amide bonds. The zero-order valence-corrected chi connectivity index (χ0v) is 9.06. The second kappa shape index (κ2) is 4.49. The highest BCUT2D eigenvalue weighted by atomic mass is 16.3. The quantitative estimate of drug-likeness (QED) is 0.674. The number of nitrogens with zero attached hydrogens (tertiary/aromatic N) is 1. The van der Waals surface area contributed by atoms with Crippen LogP contribution in [0.5, 0.6) is 0 Å². The minimum atomic E-state index is -0.313. The first-order valence-electron chi connectivity index (χ1n) is 5.89. The summed E-state index contributed by atoms with van der Waals surface area (Å²) in [5.41, 5.74) is 5.67. The summed E-state index contributed by atoms with van der Waals surface area (Å²) in [5.74, 6) is 0.718. The Morgan fingerprint density at radius 3 is 2.80 bits per heavy atom. The third-order valence-corrected chi connectivity index (χ3v) is 3.75. The summed E-state index contributed by atoms with van der Waals surface area (Å²) in [7, 11) is 0. The number of amides is 1. The Labute approximate surface area is 90.4 Å². The first-order valence-corrected chi connectivity index (χ1v) is 5.89. The number of carbonyl (C=O) groups excluding carboxylic acids is 1. The topological polar surface area (TPSA) is 66.6 Å². The third kappa shape index (κ3) is 2.16. The van der Waals surface area contributed by atoms with E-state index in [1.807, 2.05) is 4.90 Å². The van der Waals surface area contributed by atoms with E-state index in [4.69, 9.17) is 5.73 Å². The highest BCUT2D eigenvalue weighted by Gasteiger charge is 2.36. The maximum atomic E-state index is 12.1. The molecule has 4 nitrogen and oxygen atoms in total. The summed E-state index contributed by atoms with van der Waals surface area (Å²) in [6.07, 6.45) is 3.60. The number of hydrogen-bond donors (Lipinski definition) is 2. The Morgan fingerprint density at radius 2 is 2.20 bits per heavy atom. The molecule has 0 radical (unpaired) electrons. The minimum Gasteiger partial charge on any atom is -0.391 e. The lowest BCUT2D eigenvalue weighted by Crippen LogP contribution is -2.38. The zero-order chi connectivity index (χ0) is 10.8. The first kappa shape index (κ1) is 10.9. The van der Waals surface area contributed by atoms with E-state index >= 15 is 0 Å². The van der Waals surface area contributed by atoms with Crippen LogP contribution in [0.2, 0.25) is 0 Å². The van der Waals surface area contributed by atoms with Gasteiger partial charge in [-0.25, -0.2) is 0 Å². The average Bonchev–Trinajstić information content (AvgIpc) is 2.84. The molecule has 2 aliphatic rings. The molecule has 2 rings (SSSR count). The smallest absolute Gasteiger partial charge is 0.226 e. The van der Waals surface area contributed by atoms with Crippen LogP contribution in [-0.4, -0.2) is 41.7 Å². The second-order valence-corrected chi connectivity index (χ2v) is 4.76. The van der Waals surface area contributed by atoms with E-state index in [9.17, 15) is 9.90 Å². The monoisotopic (exact) mass is 212 g/mol. The summed E-state index contributed by atoms with van der Waals surface area (Å²) < 4.78 is 0. The van der Waals surface area contributed by atoms with Crippen LogP contribution in [0.1, 0.15) is 25.7 Å². The highest BCUT2D eigenvalue weighted by Crippen LogP contribution is 2.33. The number of rotatable bonds is 2. The largest absolute Gasteiger partial charge is 0.391 e. The van der Waals surface area contributed by atoms with Crippen molar-refractivity contribution >= 4 is 5.91 Å². The number of aliphatic hydroxyl groups is 1. The van der Waals surface area contributed by atoms with Gasteiger partial charge < -0.3 is 15.7 Å². The number of carbonyl (C=O) groups is 1. The number of aliphatic hydroxyl groups excluding tert-OH is 1. The Morgan fingerprint density at radius 1 is 1.40 bits per heavy atom. The van der Waals surface area contributed by atoms with E-state index in [2.05, 4.69) is 0 Å². The highest BCUT2D eigenvalue weighted by molar-refractivity contribution is 5.79. The van der Waals surface area contributed by atoms with Crippen LogP contribution in [0.4, 0.5) is 0 Å². The summed E-state index contributed by atoms with van der Waals surface area (Å²) in [4.78, 5) is 13.9. The molecule has 1 heterocycles. The Hall–Kier alpha value is -0.610. The molecular weight excluding hydrogens is 192 g/mol. The predicted molar refractivity (Wildman–Crippen MR) is 57.1 cm³/mol. The van der Waals surface area contributed by atoms with Crippen LogP contribution in [0, 0.1) is 11.8 Å².